The first-order valence-electron chi connectivity index (χ1n) is 7.06. The zero-order chi connectivity index (χ0) is 15.9. The summed E-state index contributed by atoms with van der Waals surface area (Å²) >= 11 is 0. The van der Waals surface area contributed by atoms with Gasteiger partial charge < -0.3 is 15.8 Å². The van der Waals surface area contributed by atoms with E-state index in [1.807, 2.05) is 6.92 Å². The standard InChI is InChI=1S/C17H19FN2O2/c1-12-5-6-15(18)9-14(12)11-20-17(21)13-3-2-4-16(10-13)22-8-7-19/h2-6,9-10H,7-8,11,19H2,1H3,(H,20,21). The number of nitrogens with one attached hydrogen (secondary N) is 1. The van der Waals surface area contributed by atoms with Crippen molar-refractivity contribution in [3.63, 3.8) is 0 Å². The normalized spacial score (nSPS) is 10.3. The number of hydrogen-bond acceptors (Lipinski definition) is 3. The van der Waals surface area contributed by atoms with Crippen molar-refractivity contribution in [3.05, 3.63) is 65.0 Å². The zero-order valence-electron chi connectivity index (χ0n) is 12.4. The van der Waals surface area contributed by atoms with E-state index < -0.39 is 0 Å². The van der Waals surface area contributed by atoms with Crippen LogP contribution in [0.5, 0.6) is 5.75 Å². The minimum atomic E-state index is -0.313. The molecular formula is C17H19FN2O2. The highest BCUT2D eigenvalue weighted by Crippen LogP contribution is 2.14. The predicted molar refractivity (Wildman–Crippen MR) is 83.3 cm³/mol. The smallest absolute Gasteiger partial charge is 0.251 e. The van der Waals surface area contributed by atoms with Crippen molar-refractivity contribution < 1.29 is 13.9 Å². The number of ether oxygens (including phenoxy) is 1. The molecule has 0 bridgehead atoms. The fraction of sp³-hybridized carbons (Fsp3) is 0.235. The van der Waals surface area contributed by atoms with Crippen molar-refractivity contribution in [1.29, 1.82) is 0 Å². The van der Waals surface area contributed by atoms with Crippen molar-refractivity contribution in [1.82, 2.24) is 5.32 Å². The van der Waals surface area contributed by atoms with Gasteiger partial charge in [0, 0.05) is 18.7 Å². The molecule has 0 aliphatic heterocycles. The highest BCUT2D eigenvalue weighted by molar-refractivity contribution is 5.94. The summed E-state index contributed by atoms with van der Waals surface area (Å²) in [5.41, 5.74) is 7.55. The van der Waals surface area contributed by atoms with E-state index in [1.165, 1.54) is 12.1 Å². The van der Waals surface area contributed by atoms with E-state index in [9.17, 15) is 9.18 Å². The molecule has 5 heteroatoms. The lowest BCUT2D eigenvalue weighted by Crippen LogP contribution is -2.23. The topological polar surface area (TPSA) is 64.3 Å². The molecule has 4 nitrogen and oxygen atoms in total. The Morgan fingerprint density at radius 1 is 1.27 bits per heavy atom. The summed E-state index contributed by atoms with van der Waals surface area (Å²) in [6.07, 6.45) is 0. The zero-order valence-corrected chi connectivity index (χ0v) is 12.4. The fourth-order valence-electron chi connectivity index (χ4n) is 2.01. The van der Waals surface area contributed by atoms with Gasteiger partial charge in [0.15, 0.2) is 0 Å². The van der Waals surface area contributed by atoms with Gasteiger partial charge in [-0.25, -0.2) is 4.39 Å². The molecule has 0 heterocycles. The van der Waals surface area contributed by atoms with Crippen LogP contribution in [0.3, 0.4) is 0 Å². The van der Waals surface area contributed by atoms with Gasteiger partial charge in [-0.15, -0.1) is 0 Å². The molecule has 0 saturated carbocycles. The highest BCUT2D eigenvalue weighted by atomic mass is 19.1. The summed E-state index contributed by atoms with van der Waals surface area (Å²) in [7, 11) is 0. The molecule has 0 atom stereocenters. The third-order valence-electron chi connectivity index (χ3n) is 3.23. The molecule has 2 aromatic carbocycles. The van der Waals surface area contributed by atoms with Gasteiger partial charge in [-0.05, 0) is 48.4 Å². The van der Waals surface area contributed by atoms with E-state index >= 15 is 0 Å². The predicted octanol–water partition coefficient (Wildman–Crippen LogP) is 2.40. The number of carbonyl (C=O) groups excluding carboxylic acids is 1. The van der Waals surface area contributed by atoms with Gasteiger partial charge in [0.25, 0.3) is 5.91 Å². The maximum absolute atomic E-state index is 13.2. The minimum absolute atomic E-state index is 0.234. The Labute approximate surface area is 129 Å². The van der Waals surface area contributed by atoms with Crippen LogP contribution < -0.4 is 15.8 Å². The molecule has 0 aliphatic carbocycles. The Morgan fingerprint density at radius 2 is 2.09 bits per heavy atom. The summed E-state index contributed by atoms with van der Waals surface area (Å²) in [6, 6.07) is 11.4. The summed E-state index contributed by atoms with van der Waals surface area (Å²) in [6.45, 7) is 2.96. The van der Waals surface area contributed by atoms with E-state index in [2.05, 4.69) is 5.32 Å². The lowest BCUT2D eigenvalue weighted by atomic mass is 10.1. The van der Waals surface area contributed by atoms with Crippen molar-refractivity contribution in [3.8, 4) is 5.75 Å². The molecule has 0 aliphatic rings. The number of hydrogen-bond donors (Lipinski definition) is 2. The van der Waals surface area contributed by atoms with Crippen molar-refractivity contribution >= 4 is 5.91 Å². The average Bonchev–Trinajstić information content (AvgIpc) is 2.53. The van der Waals surface area contributed by atoms with E-state index in [0.717, 1.165) is 11.1 Å². The molecule has 2 rings (SSSR count). The molecule has 2 aromatic rings. The van der Waals surface area contributed by atoms with E-state index in [0.29, 0.717) is 24.5 Å². The van der Waals surface area contributed by atoms with Crippen molar-refractivity contribution in [2.45, 2.75) is 13.5 Å². The summed E-state index contributed by atoms with van der Waals surface area (Å²) in [5.74, 6) is 0.0499. The molecule has 0 spiro atoms. The van der Waals surface area contributed by atoms with Crippen LogP contribution in [0, 0.1) is 12.7 Å². The number of nitrogens with two attached hydrogens (primary N) is 1. The van der Waals surface area contributed by atoms with E-state index in [4.69, 9.17) is 10.5 Å². The van der Waals surface area contributed by atoms with Crippen LogP contribution in [-0.4, -0.2) is 19.1 Å². The fourth-order valence-corrected chi connectivity index (χ4v) is 2.01. The number of rotatable bonds is 6. The van der Waals surface area contributed by atoms with Crippen LogP contribution in [0.15, 0.2) is 42.5 Å². The number of amides is 1. The first-order valence-corrected chi connectivity index (χ1v) is 7.06. The van der Waals surface area contributed by atoms with Crippen LogP contribution in [0.1, 0.15) is 21.5 Å². The summed E-state index contributed by atoms with van der Waals surface area (Å²) in [5, 5.41) is 2.78. The van der Waals surface area contributed by atoms with Crippen molar-refractivity contribution in [2.75, 3.05) is 13.2 Å². The van der Waals surface area contributed by atoms with Crippen LogP contribution >= 0.6 is 0 Å². The second-order valence-corrected chi connectivity index (χ2v) is 4.92. The van der Waals surface area contributed by atoms with Gasteiger partial charge in [-0.3, -0.25) is 4.79 Å². The Balaban J connectivity index is 2.01. The molecule has 0 aromatic heterocycles. The second-order valence-electron chi connectivity index (χ2n) is 4.92. The molecule has 1 amide bonds. The quantitative estimate of drug-likeness (QED) is 0.861. The third kappa shape index (κ3) is 4.30. The van der Waals surface area contributed by atoms with Crippen LogP contribution in [0.25, 0.3) is 0 Å². The first-order chi connectivity index (χ1) is 10.6. The van der Waals surface area contributed by atoms with Crippen LogP contribution in [0.4, 0.5) is 4.39 Å². The van der Waals surface area contributed by atoms with Crippen LogP contribution in [-0.2, 0) is 6.54 Å². The van der Waals surface area contributed by atoms with Gasteiger partial charge in [-0.2, -0.15) is 0 Å². The average molecular weight is 302 g/mol. The van der Waals surface area contributed by atoms with Crippen molar-refractivity contribution in [2.24, 2.45) is 5.73 Å². The maximum Gasteiger partial charge on any atom is 0.251 e. The largest absolute Gasteiger partial charge is 0.492 e. The molecule has 0 unspecified atom stereocenters. The Hall–Kier alpha value is -2.40. The molecule has 0 saturated heterocycles. The monoisotopic (exact) mass is 302 g/mol. The molecule has 0 fully saturated rings. The third-order valence-corrected chi connectivity index (χ3v) is 3.23. The number of carbonyl (C=O) groups is 1. The van der Waals surface area contributed by atoms with Gasteiger partial charge in [0.2, 0.25) is 0 Å². The Kier molecular flexibility index (Phi) is 5.49. The molecule has 0 radical (unpaired) electrons. The van der Waals surface area contributed by atoms with Gasteiger partial charge >= 0.3 is 0 Å². The van der Waals surface area contributed by atoms with E-state index in [-0.39, 0.29) is 18.3 Å². The number of benzene rings is 2. The second kappa shape index (κ2) is 7.56. The SMILES string of the molecule is Cc1ccc(F)cc1CNC(=O)c1cccc(OCCN)c1. The summed E-state index contributed by atoms with van der Waals surface area (Å²) < 4.78 is 18.6. The molecular weight excluding hydrogens is 283 g/mol. The molecule has 3 N–H and O–H groups in total. The molecule has 116 valence electrons. The number of halogens is 1. The van der Waals surface area contributed by atoms with Gasteiger partial charge in [0.1, 0.15) is 18.2 Å². The highest BCUT2D eigenvalue weighted by Gasteiger charge is 2.08. The Bertz CT molecular complexity index is 659. The minimum Gasteiger partial charge on any atom is -0.492 e. The Morgan fingerprint density at radius 3 is 2.86 bits per heavy atom. The number of aryl methyl sites for hydroxylation is 1. The van der Waals surface area contributed by atoms with Gasteiger partial charge in [0.05, 0.1) is 0 Å². The summed E-state index contributed by atoms with van der Waals surface area (Å²) in [4.78, 5) is 12.2. The lowest BCUT2D eigenvalue weighted by Gasteiger charge is -2.10. The maximum atomic E-state index is 13.2. The van der Waals surface area contributed by atoms with Crippen LogP contribution in [0.2, 0.25) is 0 Å². The molecule has 22 heavy (non-hydrogen) atoms. The van der Waals surface area contributed by atoms with E-state index in [1.54, 1.807) is 30.3 Å². The first kappa shape index (κ1) is 16.0. The lowest BCUT2D eigenvalue weighted by molar-refractivity contribution is 0.0950. The van der Waals surface area contributed by atoms with Gasteiger partial charge in [-0.1, -0.05) is 12.1 Å².